The van der Waals surface area contributed by atoms with Crippen LogP contribution in [0.1, 0.15) is 60.8 Å². The third-order valence-electron chi connectivity index (χ3n) is 5.89. The molecule has 2 atom stereocenters. The first kappa shape index (κ1) is 16.8. The Morgan fingerprint density at radius 3 is 2.42 bits per heavy atom. The molecule has 0 bridgehead atoms. The molecule has 0 saturated heterocycles. The van der Waals surface area contributed by atoms with Gasteiger partial charge in [0.05, 0.1) is 18.9 Å². The Bertz CT molecular complexity index is 693. The highest BCUT2D eigenvalue weighted by atomic mass is 16.5. The quantitative estimate of drug-likeness (QED) is 0.885. The molecule has 0 fully saturated rings. The van der Waals surface area contributed by atoms with Crippen molar-refractivity contribution in [2.75, 3.05) is 7.11 Å². The molecule has 0 saturated carbocycles. The summed E-state index contributed by atoms with van der Waals surface area (Å²) in [6.45, 7) is 1.68. The van der Waals surface area contributed by atoms with Crippen molar-refractivity contribution in [1.29, 1.82) is 0 Å². The van der Waals surface area contributed by atoms with Crippen molar-refractivity contribution in [2.45, 2.75) is 57.8 Å². The standard InChI is InChI=1S/C19H24O5/c1-19(18(22)23)8-7-12-11-5-3-4-6-13(11)16(24-2)9-14(12)15(19)10-17(20)21/h9,15H,3-8,10H2,1-2H3,(H,20,21)(H,22,23)/t15-,19+/m0/s1. The third-order valence-corrected chi connectivity index (χ3v) is 5.89. The van der Waals surface area contributed by atoms with Crippen LogP contribution in [0.3, 0.4) is 0 Å². The Hall–Kier alpha value is -2.04. The Kier molecular flexibility index (Phi) is 4.28. The lowest BCUT2D eigenvalue weighted by Crippen LogP contribution is -2.40. The molecule has 0 amide bonds. The van der Waals surface area contributed by atoms with Crippen molar-refractivity contribution in [1.82, 2.24) is 0 Å². The first-order chi connectivity index (χ1) is 11.4. The molecule has 2 N–H and O–H groups in total. The van der Waals surface area contributed by atoms with E-state index in [1.165, 1.54) is 16.7 Å². The Morgan fingerprint density at radius 2 is 1.83 bits per heavy atom. The fourth-order valence-corrected chi connectivity index (χ4v) is 4.46. The number of methoxy groups -OCH3 is 1. The zero-order chi connectivity index (χ0) is 17.5. The van der Waals surface area contributed by atoms with Gasteiger partial charge in [0.1, 0.15) is 5.75 Å². The highest BCUT2D eigenvalue weighted by molar-refractivity contribution is 5.79. The topological polar surface area (TPSA) is 83.8 Å². The van der Waals surface area contributed by atoms with E-state index in [-0.39, 0.29) is 6.42 Å². The molecule has 5 heteroatoms. The van der Waals surface area contributed by atoms with Crippen molar-refractivity contribution >= 4 is 11.9 Å². The zero-order valence-electron chi connectivity index (χ0n) is 14.2. The van der Waals surface area contributed by atoms with Crippen LogP contribution in [0.2, 0.25) is 0 Å². The van der Waals surface area contributed by atoms with E-state index < -0.39 is 23.3 Å². The average Bonchev–Trinajstić information content (AvgIpc) is 2.56. The number of fused-ring (bicyclic) bond motifs is 3. The van der Waals surface area contributed by atoms with Crippen LogP contribution in [-0.2, 0) is 28.9 Å². The van der Waals surface area contributed by atoms with Gasteiger partial charge in [-0.2, -0.15) is 0 Å². The van der Waals surface area contributed by atoms with Crippen LogP contribution in [0.4, 0.5) is 0 Å². The third kappa shape index (κ3) is 2.56. The summed E-state index contributed by atoms with van der Waals surface area (Å²) < 4.78 is 5.57. The number of carbonyl (C=O) groups is 2. The first-order valence-electron chi connectivity index (χ1n) is 8.55. The van der Waals surface area contributed by atoms with E-state index in [1.54, 1.807) is 14.0 Å². The van der Waals surface area contributed by atoms with E-state index in [1.807, 2.05) is 6.07 Å². The molecule has 5 nitrogen and oxygen atoms in total. The minimum Gasteiger partial charge on any atom is -0.496 e. The van der Waals surface area contributed by atoms with Crippen molar-refractivity contribution in [3.05, 3.63) is 28.3 Å². The van der Waals surface area contributed by atoms with Crippen LogP contribution < -0.4 is 4.74 Å². The number of hydrogen-bond donors (Lipinski definition) is 2. The molecule has 0 radical (unpaired) electrons. The smallest absolute Gasteiger partial charge is 0.309 e. The molecule has 130 valence electrons. The van der Waals surface area contributed by atoms with Crippen LogP contribution in [0, 0.1) is 5.41 Å². The van der Waals surface area contributed by atoms with E-state index >= 15 is 0 Å². The van der Waals surface area contributed by atoms with Gasteiger partial charge in [-0.3, -0.25) is 9.59 Å². The molecule has 2 aliphatic carbocycles. The summed E-state index contributed by atoms with van der Waals surface area (Å²) in [5, 5.41) is 19.1. The molecule has 2 aliphatic rings. The molecule has 0 unspecified atom stereocenters. The molecule has 0 spiro atoms. The maximum atomic E-state index is 11.9. The lowest BCUT2D eigenvalue weighted by atomic mass is 9.62. The van der Waals surface area contributed by atoms with Gasteiger partial charge in [-0.15, -0.1) is 0 Å². The predicted octanol–water partition coefficient (Wildman–Crippen LogP) is 3.17. The lowest BCUT2D eigenvalue weighted by molar-refractivity contribution is -0.151. The molecular formula is C19H24O5. The average molecular weight is 332 g/mol. The lowest BCUT2D eigenvalue weighted by Gasteiger charge is -2.41. The maximum Gasteiger partial charge on any atom is 0.309 e. The minimum atomic E-state index is -1.06. The largest absolute Gasteiger partial charge is 0.496 e. The normalized spacial score (nSPS) is 25.5. The van der Waals surface area contributed by atoms with Crippen molar-refractivity contribution in [3.8, 4) is 5.75 Å². The van der Waals surface area contributed by atoms with Crippen LogP contribution in [0.15, 0.2) is 6.07 Å². The van der Waals surface area contributed by atoms with E-state index in [4.69, 9.17) is 4.74 Å². The van der Waals surface area contributed by atoms with Gasteiger partial charge in [0.2, 0.25) is 0 Å². The molecule has 0 aliphatic heterocycles. The number of benzene rings is 1. The van der Waals surface area contributed by atoms with Gasteiger partial charge in [-0.1, -0.05) is 0 Å². The Morgan fingerprint density at radius 1 is 1.17 bits per heavy atom. The predicted molar refractivity (Wildman–Crippen MR) is 88.7 cm³/mol. The Balaban J connectivity index is 2.20. The summed E-state index contributed by atoms with van der Waals surface area (Å²) in [4.78, 5) is 23.3. The van der Waals surface area contributed by atoms with Gasteiger partial charge < -0.3 is 14.9 Å². The number of aliphatic carboxylic acids is 2. The number of hydrogen-bond acceptors (Lipinski definition) is 3. The second-order valence-electron chi connectivity index (χ2n) is 7.18. The number of ether oxygens (including phenoxy) is 1. The van der Waals surface area contributed by atoms with Crippen molar-refractivity contribution in [2.24, 2.45) is 5.41 Å². The summed E-state index contributed by atoms with van der Waals surface area (Å²) in [5.74, 6) is -1.63. The van der Waals surface area contributed by atoms with E-state index in [0.29, 0.717) is 12.8 Å². The highest BCUT2D eigenvalue weighted by Crippen LogP contribution is 2.51. The molecule has 1 aromatic rings. The summed E-state index contributed by atoms with van der Waals surface area (Å²) in [6, 6.07) is 1.91. The molecule has 3 rings (SSSR count). The molecule has 0 heterocycles. The SMILES string of the molecule is COc1cc2c(c3c1CCCC3)CC[C@@](C)(C(=O)O)[C@H]2CC(=O)O. The molecular weight excluding hydrogens is 308 g/mol. The molecule has 0 aromatic heterocycles. The van der Waals surface area contributed by atoms with Gasteiger partial charge in [0, 0.05) is 5.92 Å². The number of carboxylic acid groups (broad SMARTS) is 2. The van der Waals surface area contributed by atoms with E-state index in [0.717, 1.165) is 37.0 Å². The molecule has 24 heavy (non-hydrogen) atoms. The summed E-state index contributed by atoms with van der Waals surface area (Å²) >= 11 is 0. The fraction of sp³-hybridized carbons (Fsp3) is 0.579. The molecule has 1 aromatic carbocycles. The van der Waals surface area contributed by atoms with Crippen molar-refractivity contribution < 1.29 is 24.5 Å². The summed E-state index contributed by atoms with van der Waals surface area (Å²) in [5.41, 5.74) is 3.50. The fourth-order valence-electron chi connectivity index (χ4n) is 4.46. The second-order valence-corrected chi connectivity index (χ2v) is 7.18. The monoisotopic (exact) mass is 332 g/mol. The van der Waals surface area contributed by atoms with Gasteiger partial charge in [0.15, 0.2) is 0 Å². The summed E-state index contributed by atoms with van der Waals surface area (Å²) in [6.07, 6.45) is 5.20. The van der Waals surface area contributed by atoms with E-state index in [9.17, 15) is 19.8 Å². The first-order valence-corrected chi connectivity index (χ1v) is 8.55. The van der Waals surface area contributed by atoms with Crippen LogP contribution >= 0.6 is 0 Å². The van der Waals surface area contributed by atoms with Crippen LogP contribution in [0.25, 0.3) is 0 Å². The zero-order valence-corrected chi connectivity index (χ0v) is 14.2. The Labute approximate surface area is 141 Å². The summed E-state index contributed by atoms with van der Waals surface area (Å²) in [7, 11) is 1.63. The van der Waals surface area contributed by atoms with Gasteiger partial charge in [-0.05, 0) is 73.8 Å². The number of carboxylic acids is 2. The van der Waals surface area contributed by atoms with Gasteiger partial charge in [0.25, 0.3) is 0 Å². The second kappa shape index (κ2) is 6.11. The number of rotatable bonds is 4. The maximum absolute atomic E-state index is 11.9. The highest BCUT2D eigenvalue weighted by Gasteiger charge is 2.47. The van der Waals surface area contributed by atoms with Crippen LogP contribution in [0.5, 0.6) is 5.75 Å². The van der Waals surface area contributed by atoms with Crippen molar-refractivity contribution in [3.63, 3.8) is 0 Å². The van der Waals surface area contributed by atoms with E-state index in [2.05, 4.69) is 0 Å². The van der Waals surface area contributed by atoms with Crippen LogP contribution in [-0.4, -0.2) is 29.3 Å². The minimum absolute atomic E-state index is 0.169. The van der Waals surface area contributed by atoms with Gasteiger partial charge >= 0.3 is 11.9 Å². The van der Waals surface area contributed by atoms with Gasteiger partial charge in [-0.25, -0.2) is 0 Å².